The van der Waals surface area contributed by atoms with Crippen LogP contribution in [0.5, 0.6) is 0 Å². The van der Waals surface area contributed by atoms with Crippen molar-refractivity contribution in [2.45, 2.75) is 48.0 Å². The maximum atomic E-state index is 12.9. The Morgan fingerprint density at radius 2 is 1.88 bits per heavy atom. The number of H-pyrrole nitrogens is 1. The van der Waals surface area contributed by atoms with Gasteiger partial charge in [0.1, 0.15) is 5.56 Å². The number of primary amides is 1. The number of aromatic nitrogens is 2. The van der Waals surface area contributed by atoms with E-state index in [1.54, 1.807) is 0 Å². The van der Waals surface area contributed by atoms with Crippen LogP contribution >= 0.6 is 0 Å². The monoisotopic (exact) mass is 488 g/mol. The fraction of sp³-hybridized carbons (Fsp3) is 0.421. The maximum Gasteiger partial charge on any atom is 0.501 e. The van der Waals surface area contributed by atoms with E-state index in [4.69, 9.17) is 11.5 Å². The summed E-state index contributed by atoms with van der Waals surface area (Å²) in [5.41, 5.74) is 3.98. The fourth-order valence-electron chi connectivity index (χ4n) is 3.58. The first-order chi connectivity index (χ1) is 15.3. The van der Waals surface area contributed by atoms with Crippen LogP contribution in [0.1, 0.15) is 42.5 Å². The Morgan fingerprint density at radius 3 is 2.48 bits per heavy atom. The number of nitrogens with one attached hydrogen (secondary N) is 3. The Bertz CT molecular complexity index is 1210. The van der Waals surface area contributed by atoms with Crippen molar-refractivity contribution in [1.29, 1.82) is 0 Å². The van der Waals surface area contributed by atoms with Crippen molar-refractivity contribution in [1.82, 2.24) is 9.97 Å². The molecule has 1 heterocycles. The van der Waals surface area contributed by atoms with Crippen LogP contribution in [0, 0.1) is 0 Å². The number of anilines is 3. The summed E-state index contributed by atoms with van der Waals surface area (Å²) in [6, 6.07) is 3.79. The van der Waals surface area contributed by atoms with Gasteiger partial charge in [-0.2, -0.15) is 18.2 Å². The minimum absolute atomic E-state index is 0.0398. The van der Waals surface area contributed by atoms with Gasteiger partial charge in [0.2, 0.25) is 5.95 Å². The summed E-state index contributed by atoms with van der Waals surface area (Å²) in [5, 5.41) is 5.43. The molecule has 0 atom stereocenters. The Labute approximate surface area is 186 Å². The molecule has 1 aromatic carbocycles. The molecule has 1 aliphatic rings. The molecule has 180 valence electrons. The third kappa shape index (κ3) is 5.45. The molecule has 1 aromatic heterocycles. The van der Waals surface area contributed by atoms with E-state index in [9.17, 15) is 31.2 Å². The van der Waals surface area contributed by atoms with Crippen molar-refractivity contribution in [2.75, 3.05) is 17.2 Å². The number of hydrogen-bond donors (Lipinski definition) is 5. The topological polar surface area (TPSA) is 173 Å². The summed E-state index contributed by atoms with van der Waals surface area (Å²) >= 11 is 0. The second-order valence-electron chi connectivity index (χ2n) is 7.88. The molecule has 33 heavy (non-hydrogen) atoms. The number of sulfone groups is 1. The molecule has 0 saturated heterocycles. The van der Waals surface area contributed by atoms with Gasteiger partial charge in [-0.25, -0.2) is 8.42 Å². The van der Waals surface area contributed by atoms with Gasteiger partial charge in [-0.05, 0) is 31.0 Å². The number of alkyl halides is 3. The van der Waals surface area contributed by atoms with Crippen molar-refractivity contribution in [3.05, 3.63) is 40.2 Å². The Kier molecular flexibility index (Phi) is 6.70. The molecule has 2 aromatic rings. The van der Waals surface area contributed by atoms with Crippen molar-refractivity contribution in [3.63, 3.8) is 0 Å². The molecule has 3 rings (SSSR count). The van der Waals surface area contributed by atoms with E-state index in [1.165, 1.54) is 6.07 Å². The highest BCUT2D eigenvalue weighted by Gasteiger charge is 2.46. The van der Waals surface area contributed by atoms with Gasteiger partial charge in [-0.3, -0.25) is 14.6 Å². The summed E-state index contributed by atoms with van der Waals surface area (Å²) in [4.78, 5) is 29.7. The summed E-state index contributed by atoms with van der Waals surface area (Å²) < 4.78 is 62.0. The van der Waals surface area contributed by atoms with E-state index in [-0.39, 0.29) is 24.0 Å². The van der Waals surface area contributed by atoms with Crippen molar-refractivity contribution in [3.8, 4) is 0 Å². The lowest BCUT2D eigenvalue weighted by molar-refractivity contribution is -0.0436. The molecule has 10 nitrogen and oxygen atoms in total. The second kappa shape index (κ2) is 9.02. The predicted octanol–water partition coefficient (Wildman–Crippen LogP) is 1.98. The van der Waals surface area contributed by atoms with Crippen LogP contribution in [0.3, 0.4) is 0 Å². The highest BCUT2D eigenvalue weighted by atomic mass is 32.2. The van der Waals surface area contributed by atoms with E-state index in [2.05, 4.69) is 20.6 Å². The zero-order chi connectivity index (χ0) is 24.4. The van der Waals surface area contributed by atoms with Crippen LogP contribution in [0.15, 0.2) is 34.0 Å². The third-order valence-electron chi connectivity index (χ3n) is 5.33. The van der Waals surface area contributed by atoms with Crippen molar-refractivity contribution < 1.29 is 26.4 Å². The minimum Gasteiger partial charge on any atom is -0.365 e. The van der Waals surface area contributed by atoms with Crippen LogP contribution < -0.4 is 27.7 Å². The standard InChI is InChI=1S/C19H23F3N6O4S/c20-19(21,22)33(31,32)12-6-4-5-11(9-12)26-15-13(14(23)29)16(30)28-17(27-15)25-10-18(24)7-2-1-3-8-18/h4-6,9H,1-3,7-8,10,24H2,(H2,23,29)(H3,25,26,27,28,30). The molecule has 14 heteroatoms. The van der Waals surface area contributed by atoms with Crippen LogP contribution in [-0.2, 0) is 9.84 Å². The first-order valence-corrected chi connectivity index (χ1v) is 11.5. The second-order valence-corrected chi connectivity index (χ2v) is 9.82. The minimum atomic E-state index is -5.61. The number of nitrogens with two attached hydrogens (primary N) is 2. The van der Waals surface area contributed by atoms with Gasteiger partial charge in [0, 0.05) is 17.8 Å². The van der Waals surface area contributed by atoms with Gasteiger partial charge in [-0.1, -0.05) is 25.3 Å². The van der Waals surface area contributed by atoms with Crippen molar-refractivity contribution in [2.24, 2.45) is 11.5 Å². The first-order valence-electron chi connectivity index (χ1n) is 9.98. The number of nitrogens with zero attached hydrogens (tertiary/aromatic N) is 1. The highest BCUT2D eigenvalue weighted by Crippen LogP contribution is 2.32. The molecule has 0 spiro atoms. The van der Waals surface area contributed by atoms with Gasteiger partial charge >= 0.3 is 5.51 Å². The third-order valence-corrected chi connectivity index (χ3v) is 6.82. The van der Waals surface area contributed by atoms with Gasteiger partial charge in [0.15, 0.2) is 5.82 Å². The number of amides is 1. The largest absolute Gasteiger partial charge is 0.501 e. The summed E-state index contributed by atoms with van der Waals surface area (Å²) in [7, 11) is -5.61. The smallest absolute Gasteiger partial charge is 0.365 e. The Balaban J connectivity index is 1.93. The number of halogens is 3. The zero-order valence-electron chi connectivity index (χ0n) is 17.3. The molecule has 1 amide bonds. The highest BCUT2D eigenvalue weighted by molar-refractivity contribution is 7.92. The number of benzene rings is 1. The van der Waals surface area contributed by atoms with Gasteiger partial charge in [0.05, 0.1) is 4.90 Å². The summed E-state index contributed by atoms with van der Waals surface area (Å²) in [6.07, 6.45) is 4.56. The first kappa shape index (κ1) is 24.5. The number of carbonyl (C=O) groups excluding carboxylic acids is 1. The van der Waals surface area contributed by atoms with E-state index < -0.39 is 42.8 Å². The molecule has 1 saturated carbocycles. The van der Waals surface area contributed by atoms with Crippen LogP contribution in [0.25, 0.3) is 0 Å². The molecule has 0 unspecified atom stereocenters. The molecular weight excluding hydrogens is 465 g/mol. The van der Waals surface area contributed by atoms with Crippen molar-refractivity contribution >= 4 is 33.2 Å². The molecule has 0 radical (unpaired) electrons. The van der Waals surface area contributed by atoms with E-state index >= 15 is 0 Å². The number of hydrogen-bond acceptors (Lipinski definition) is 8. The normalized spacial score (nSPS) is 16.2. The Hall–Kier alpha value is -3.13. The van der Waals surface area contributed by atoms with E-state index in [0.717, 1.165) is 44.2 Å². The molecule has 0 bridgehead atoms. The van der Waals surface area contributed by atoms with Gasteiger partial charge < -0.3 is 22.1 Å². The molecule has 1 aliphatic carbocycles. The van der Waals surface area contributed by atoms with Crippen LogP contribution in [0.2, 0.25) is 0 Å². The number of rotatable bonds is 7. The number of aromatic amines is 1. The lowest BCUT2D eigenvalue weighted by atomic mass is 9.82. The zero-order valence-corrected chi connectivity index (χ0v) is 18.1. The fourth-order valence-corrected chi connectivity index (χ4v) is 4.39. The van der Waals surface area contributed by atoms with Crippen LogP contribution in [-0.4, -0.2) is 41.9 Å². The molecule has 1 fully saturated rings. The average molecular weight is 488 g/mol. The predicted molar refractivity (Wildman–Crippen MR) is 115 cm³/mol. The SMILES string of the molecule is NC(=O)c1c(Nc2cccc(S(=O)(=O)C(F)(F)F)c2)nc(NCC2(N)CCCCC2)[nH]c1=O. The number of carbonyl (C=O) groups is 1. The van der Waals surface area contributed by atoms with E-state index in [1.807, 2.05) is 0 Å². The molecular formula is C19H23F3N6O4S. The van der Waals surface area contributed by atoms with Gasteiger partial charge in [-0.15, -0.1) is 0 Å². The van der Waals surface area contributed by atoms with E-state index in [0.29, 0.717) is 6.07 Å². The average Bonchev–Trinajstić information content (AvgIpc) is 2.72. The quantitative estimate of drug-likeness (QED) is 0.393. The molecule has 0 aliphatic heterocycles. The summed E-state index contributed by atoms with van der Waals surface area (Å²) in [5.74, 6) is -1.54. The maximum absolute atomic E-state index is 12.9. The lowest BCUT2D eigenvalue weighted by Gasteiger charge is -2.33. The van der Waals surface area contributed by atoms with Gasteiger partial charge in [0.25, 0.3) is 21.3 Å². The Morgan fingerprint density at radius 1 is 1.21 bits per heavy atom. The summed E-state index contributed by atoms with van der Waals surface area (Å²) in [6.45, 7) is 0.282. The lowest BCUT2D eigenvalue weighted by Crippen LogP contribution is -2.48. The van der Waals surface area contributed by atoms with Crippen LogP contribution in [0.4, 0.5) is 30.6 Å². The molecule has 7 N–H and O–H groups in total.